The molecule has 0 radical (unpaired) electrons. The van der Waals surface area contributed by atoms with E-state index < -0.39 is 12.8 Å². The normalized spacial score (nSPS) is 12.0. The topological polar surface area (TPSA) is 72.5 Å². The van der Waals surface area contributed by atoms with Crippen molar-refractivity contribution >= 4 is 5.96 Å². The predicted octanol–water partition coefficient (Wildman–Crippen LogP) is 2.67. The van der Waals surface area contributed by atoms with Gasteiger partial charge in [0.25, 0.3) is 0 Å². The SMILES string of the molecule is NC(=NCc1ccccc1OCC(F)(F)F)NCCc1ccccn1. The molecule has 0 aliphatic rings. The monoisotopic (exact) mass is 352 g/mol. The number of hydrogen-bond donors (Lipinski definition) is 2. The maximum Gasteiger partial charge on any atom is 0.422 e. The molecule has 2 rings (SSSR count). The van der Waals surface area contributed by atoms with Gasteiger partial charge >= 0.3 is 6.18 Å². The smallest absolute Gasteiger partial charge is 0.422 e. The number of halogens is 3. The van der Waals surface area contributed by atoms with Crippen molar-refractivity contribution in [1.29, 1.82) is 0 Å². The Morgan fingerprint density at radius 3 is 2.64 bits per heavy atom. The van der Waals surface area contributed by atoms with E-state index in [4.69, 9.17) is 10.5 Å². The minimum atomic E-state index is -4.39. The largest absolute Gasteiger partial charge is 0.484 e. The van der Waals surface area contributed by atoms with Crippen molar-refractivity contribution in [3.05, 3.63) is 59.9 Å². The summed E-state index contributed by atoms with van der Waals surface area (Å²) in [6.07, 6.45) is -1.99. The Hall–Kier alpha value is -2.77. The number of ether oxygens (including phenoxy) is 1. The van der Waals surface area contributed by atoms with Crippen LogP contribution < -0.4 is 15.8 Å². The Balaban J connectivity index is 1.85. The van der Waals surface area contributed by atoms with Crippen LogP contribution in [0.15, 0.2) is 53.7 Å². The van der Waals surface area contributed by atoms with E-state index in [-0.39, 0.29) is 18.3 Å². The molecule has 0 unspecified atom stereocenters. The average Bonchev–Trinajstić information content (AvgIpc) is 2.59. The highest BCUT2D eigenvalue weighted by Gasteiger charge is 2.28. The molecule has 0 amide bonds. The van der Waals surface area contributed by atoms with Crippen molar-refractivity contribution in [1.82, 2.24) is 10.3 Å². The van der Waals surface area contributed by atoms with Gasteiger partial charge in [-0.1, -0.05) is 24.3 Å². The van der Waals surface area contributed by atoms with Gasteiger partial charge in [-0.3, -0.25) is 4.98 Å². The number of nitrogens with two attached hydrogens (primary N) is 1. The van der Waals surface area contributed by atoms with Crippen LogP contribution in [0.4, 0.5) is 13.2 Å². The van der Waals surface area contributed by atoms with Crippen LogP contribution in [-0.2, 0) is 13.0 Å². The molecule has 134 valence electrons. The maximum absolute atomic E-state index is 12.3. The van der Waals surface area contributed by atoms with Crippen LogP contribution in [0.2, 0.25) is 0 Å². The lowest BCUT2D eigenvalue weighted by atomic mass is 10.2. The minimum Gasteiger partial charge on any atom is -0.484 e. The summed E-state index contributed by atoms with van der Waals surface area (Å²) in [6.45, 7) is -0.666. The third-order valence-corrected chi connectivity index (χ3v) is 3.20. The van der Waals surface area contributed by atoms with Gasteiger partial charge in [-0.15, -0.1) is 0 Å². The molecule has 1 heterocycles. The fraction of sp³-hybridized carbons (Fsp3) is 0.294. The summed E-state index contributed by atoms with van der Waals surface area (Å²) in [4.78, 5) is 8.32. The van der Waals surface area contributed by atoms with Gasteiger partial charge in [0.2, 0.25) is 0 Å². The molecular formula is C17H19F3N4O. The van der Waals surface area contributed by atoms with Crippen LogP contribution in [0.5, 0.6) is 5.75 Å². The van der Waals surface area contributed by atoms with Gasteiger partial charge in [0.1, 0.15) is 5.75 Å². The van der Waals surface area contributed by atoms with E-state index in [1.807, 2.05) is 18.2 Å². The van der Waals surface area contributed by atoms with Crippen molar-refractivity contribution < 1.29 is 17.9 Å². The summed E-state index contributed by atoms with van der Waals surface area (Å²) in [6, 6.07) is 12.1. The Morgan fingerprint density at radius 1 is 1.16 bits per heavy atom. The van der Waals surface area contributed by atoms with E-state index >= 15 is 0 Å². The molecule has 0 saturated carbocycles. The summed E-state index contributed by atoms with van der Waals surface area (Å²) < 4.78 is 41.6. The number of pyridine rings is 1. The average molecular weight is 352 g/mol. The number of nitrogens with zero attached hydrogens (tertiary/aromatic N) is 2. The van der Waals surface area contributed by atoms with Crippen molar-refractivity contribution in [2.75, 3.05) is 13.2 Å². The molecule has 0 aliphatic heterocycles. The maximum atomic E-state index is 12.3. The Labute approximate surface area is 143 Å². The first-order valence-corrected chi connectivity index (χ1v) is 7.65. The first-order chi connectivity index (χ1) is 11.9. The number of benzene rings is 1. The Bertz CT molecular complexity index is 690. The van der Waals surface area contributed by atoms with E-state index in [2.05, 4.69) is 15.3 Å². The molecule has 1 aromatic carbocycles. The van der Waals surface area contributed by atoms with Gasteiger partial charge in [-0.2, -0.15) is 13.2 Å². The Morgan fingerprint density at radius 2 is 1.92 bits per heavy atom. The number of guanidine groups is 1. The summed E-state index contributed by atoms with van der Waals surface area (Å²) >= 11 is 0. The lowest BCUT2D eigenvalue weighted by Crippen LogP contribution is -2.33. The zero-order valence-corrected chi connectivity index (χ0v) is 13.5. The van der Waals surface area contributed by atoms with E-state index in [1.165, 1.54) is 6.07 Å². The highest BCUT2D eigenvalue weighted by atomic mass is 19.4. The van der Waals surface area contributed by atoms with Gasteiger partial charge in [0, 0.05) is 30.4 Å². The third kappa shape index (κ3) is 7.11. The number of alkyl halides is 3. The van der Waals surface area contributed by atoms with Gasteiger partial charge in [0.15, 0.2) is 12.6 Å². The fourth-order valence-corrected chi connectivity index (χ4v) is 2.03. The molecule has 25 heavy (non-hydrogen) atoms. The van der Waals surface area contributed by atoms with Gasteiger partial charge in [0.05, 0.1) is 6.54 Å². The highest BCUT2D eigenvalue weighted by Crippen LogP contribution is 2.22. The van der Waals surface area contributed by atoms with Crippen LogP contribution in [0.3, 0.4) is 0 Å². The second kappa shape index (κ2) is 8.91. The van der Waals surface area contributed by atoms with Crippen LogP contribution in [0.1, 0.15) is 11.3 Å². The molecule has 0 atom stereocenters. The van der Waals surface area contributed by atoms with Crippen LogP contribution in [-0.4, -0.2) is 30.3 Å². The first-order valence-electron chi connectivity index (χ1n) is 7.65. The number of aliphatic imine (C=N–C) groups is 1. The van der Waals surface area contributed by atoms with E-state index in [0.717, 1.165) is 5.69 Å². The van der Waals surface area contributed by atoms with Crippen molar-refractivity contribution in [2.24, 2.45) is 10.7 Å². The van der Waals surface area contributed by atoms with Crippen molar-refractivity contribution in [3.8, 4) is 5.75 Å². The van der Waals surface area contributed by atoms with Crippen LogP contribution >= 0.6 is 0 Å². The molecule has 3 N–H and O–H groups in total. The van der Waals surface area contributed by atoms with E-state index in [0.29, 0.717) is 18.5 Å². The molecular weight excluding hydrogens is 333 g/mol. The number of para-hydroxylation sites is 1. The predicted molar refractivity (Wildman–Crippen MR) is 89.3 cm³/mol. The van der Waals surface area contributed by atoms with Crippen molar-refractivity contribution in [3.63, 3.8) is 0 Å². The third-order valence-electron chi connectivity index (χ3n) is 3.20. The molecule has 0 bridgehead atoms. The lowest BCUT2D eigenvalue weighted by Gasteiger charge is -2.12. The van der Waals surface area contributed by atoms with Gasteiger partial charge in [-0.25, -0.2) is 4.99 Å². The van der Waals surface area contributed by atoms with E-state index in [1.54, 1.807) is 24.4 Å². The standard InChI is InChI=1S/C17H19F3N4O/c18-17(19,20)12-25-15-7-2-1-5-13(15)11-24-16(21)23-10-8-14-6-3-4-9-22-14/h1-7,9H,8,10-12H2,(H3,21,23,24). The first kappa shape index (κ1) is 18.6. The number of nitrogens with one attached hydrogen (secondary N) is 1. The van der Waals surface area contributed by atoms with Gasteiger partial charge < -0.3 is 15.8 Å². The zero-order chi connectivity index (χ0) is 18.1. The summed E-state index contributed by atoms with van der Waals surface area (Å²) in [5.41, 5.74) is 7.23. The second-order valence-electron chi connectivity index (χ2n) is 5.21. The molecule has 2 aromatic rings. The zero-order valence-electron chi connectivity index (χ0n) is 13.5. The fourth-order valence-electron chi connectivity index (χ4n) is 2.03. The summed E-state index contributed by atoms with van der Waals surface area (Å²) in [5.74, 6) is 0.353. The number of aromatic nitrogens is 1. The van der Waals surface area contributed by atoms with Crippen LogP contribution in [0.25, 0.3) is 0 Å². The van der Waals surface area contributed by atoms with Crippen LogP contribution in [0, 0.1) is 0 Å². The quantitative estimate of drug-likeness (QED) is 0.594. The molecule has 8 heteroatoms. The molecule has 0 spiro atoms. The second-order valence-corrected chi connectivity index (χ2v) is 5.21. The van der Waals surface area contributed by atoms with Crippen molar-refractivity contribution in [2.45, 2.75) is 19.1 Å². The summed E-state index contributed by atoms with van der Waals surface area (Å²) in [7, 11) is 0. The molecule has 1 aromatic heterocycles. The lowest BCUT2D eigenvalue weighted by molar-refractivity contribution is -0.153. The highest BCUT2D eigenvalue weighted by molar-refractivity contribution is 5.77. The van der Waals surface area contributed by atoms with E-state index in [9.17, 15) is 13.2 Å². The number of hydrogen-bond acceptors (Lipinski definition) is 3. The Kier molecular flexibility index (Phi) is 6.62. The number of rotatable bonds is 7. The molecule has 5 nitrogen and oxygen atoms in total. The molecule has 0 aliphatic carbocycles. The summed E-state index contributed by atoms with van der Waals surface area (Å²) in [5, 5.41) is 2.94. The molecule has 0 saturated heterocycles. The minimum absolute atomic E-state index is 0.121. The molecule has 0 fully saturated rings. The van der Waals surface area contributed by atoms with Gasteiger partial charge in [-0.05, 0) is 18.2 Å².